The van der Waals surface area contributed by atoms with Gasteiger partial charge >= 0.3 is 0 Å². The molecule has 268 valence electrons. The van der Waals surface area contributed by atoms with E-state index in [0.29, 0.717) is 48.7 Å². The van der Waals surface area contributed by atoms with Gasteiger partial charge in [-0.15, -0.1) is 5.10 Å². The number of halogens is 1. The number of nitrogens with one attached hydrogen (secondary N) is 2. The Balaban J connectivity index is 1.20. The molecular weight excluding hydrogens is 664 g/mol. The molecule has 10 nitrogen and oxygen atoms in total. The van der Waals surface area contributed by atoms with Crippen molar-refractivity contribution < 1.29 is 23.5 Å². The summed E-state index contributed by atoms with van der Waals surface area (Å²) in [6.07, 6.45) is 3.43. The number of aromatic nitrogens is 3. The van der Waals surface area contributed by atoms with Crippen LogP contribution in [0.5, 0.6) is 0 Å². The van der Waals surface area contributed by atoms with E-state index in [2.05, 4.69) is 20.9 Å². The van der Waals surface area contributed by atoms with E-state index < -0.39 is 31.6 Å². The lowest BCUT2D eigenvalue weighted by molar-refractivity contribution is -0.146. The van der Waals surface area contributed by atoms with E-state index in [1.165, 1.54) is 0 Å². The van der Waals surface area contributed by atoms with Gasteiger partial charge in [0.05, 0.1) is 42.5 Å². The van der Waals surface area contributed by atoms with Gasteiger partial charge in [0.2, 0.25) is 14.3 Å². The fraction of sp³-hybridized carbons (Fsp3) is 0.436. The SMILES string of the molecule is C[C@@H]1[C@@H]([Si](C)(C)F)[C@H](CCn2cc(C(CO)c3ccccc3)nn2)O[C@@]12C(=O)N(Cc1ccccc1)c1ccc(NC(=O)C3CCCNC3)cc12. The van der Waals surface area contributed by atoms with E-state index in [4.69, 9.17) is 4.74 Å². The first-order chi connectivity index (χ1) is 24.6. The van der Waals surface area contributed by atoms with Gasteiger partial charge in [0, 0.05) is 42.0 Å². The minimum Gasteiger partial charge on any atom is -0.395 e. The number of rotatable bonds is 11. The first-order valence-electron chi connectivity index (χ1n) is 18.0. The first kappa shape index (κ1) is 35.2. The molecule has 12 heteroatoms. The number of fused-ring (bicyclic) bond motifs is 2. The van der Waals surface area contributed by atoms with Crippen LogP contribution in [0.2, 0.25) is 18.6 Å². The van der Waals surface area contributed by atoms with Crippen molar-refractivity contribution in [2.45, 2.75) is 75.5 Å². The quantitative estimate of drug-likeness (QED) is 0.134. The minimum atomic E-state index is -3.40. The number of carbonyl (C=O) groups excluding carboxylic acids is 2. The fourth-order valence-corrected chi connectivity index (χ4v) is 11.1. The van der Waals surface area contributed by atoms with Gasteiger partial charge < -0.3 is 29.5 Å². The maximum atomic E-state index is 16.5. The number of aliphatic hydroxyl groups excluding tert-OH is 1. The molecule has 1 aromatic heterocycles. The molecule has 51 heavy (non-hydrogen) atoms. The molecule has 0 saturated carbocycles. The van der Waals surface area contributed by atoms with E-state index in [1.54, 1.807) is 22.7 Å². The van der Waals surface area contributed by atoms with E-state index >= 15 is 4.11 Å². The van der Waals surface area contributed by atoms with Crippen LogP contribution < -0.4 is 15.5 Å². The number of amides is 2. The van der Waals surface area contributed by atoms with Crippen molar-refractivity contribution >= 4 is 31.6 Å². The first-order valence-corrected chi connectivity index (χ1v) is 21.0. The molecule has 3 aliphatic rings. The van der Waals surface area contributed by atoms with Crippen molar-refractivity contribution in [2.24, 2.45) is 11.8 Å². The summed E-state index contributed by atoms with van der Waals surface area (Å²) >= 11 is 0. The number of carbonyl (C=O) groups is 2. The molecular formula is C39H47FN6O4Si. The Bertz CT molecular complexity index is 1850. The second-order valence-corrected chi connectivity index (χ2v) is 18.5. The third-order valence-electron chi connectivity index (χ3n) is 11.0. The largest absolute Gasteiger partial charge is 0.395 e. The molecule has 0 radical (unpaired) electrons. The number of anilines is 2. The Hall–Kier alpha value is -4.23. The van der Waals surface area contributed by atoms with Gasteiger partial charge in [-0.05, 0) is 68.2 Å². The summed E-state index contributed by atoms with van der Waals surface area (Å²) in [4.78, 5) is 29.9. The van der Waals surface area contributed by atoms with Crippen LogP contribution in [0.3, 0.4) is 0 Å². The van der Waals surface area contributed by atoms with Crippen molar-refractivity contribution in [2.75, 3.05) is 29.9 Å². The predicted molar refractivity (Wildman–Crippen MR) is 196 cm³/mol. The van der Waals surface area contributed by atoms with Gasteiger partial charge in [-0.3, -0.25) is 14.3 Å². The Morgan fingerprint density at radius 1 is 1.14 bits per heavy atom. The lowest BCUT2D eigenvalue weighted by atomic mass is 9.82. The van der Waals surface area contributed by atoms with Crippen molar-refractivity contribution in [3.63, 3.8) is 0 Å². The van der Waals surface area contributed by atoms with Gasteiger partial charge in [-0.2, -0.15) is 0 Å². The molecule has 2 fully saturated rings. The van der Waals surface area contributed by atoms with Crippen LogP contribution >= 0.6 is 0 Å². The van der Waals surface area contributed by atoms with Crippen molar-refractivity contribution in [3.05, 3.63) is 107 Å². The van der Waals surface area contributed by atoms with Crippen molar-refractivity contribution in [1.82, 2.24) is 20.3 Å². The number of ether oxygens (including phenoxy) is 1. The van der Waals surface area contributed by atoms with Gasteiger partial charge in [0.15, 0.2) is 5.60 Å². The zero-order valence-corrected chi connectivity index (χ0v) is 30.5. The van der Waals surface area contributed by atoms with Crippen LogP contribution in [0.4, 0.5) is 15.5 Å². The lowest BCUT2D eigenvalue weighted by Crippen LogP contribution is -2.45. The summed E-state index contributed by atoms with van der Waals surface area (Å²) in [6.45, 7) is 7.50. The fourth-order valence-electron chi connectivity index (χ4n) is 8.53. The summed E-state index contributed by atoms with van der Waals surface area (Å²) in [7, 11) is -3.40. The molecule has 3 aliphatic heterocycles. The standard InChI is InChI=1S/C39H47FN6O4Si/c1-26-36(51(2,3)40)35(18-20-45-24-33(43-44-45)31(25-47)28-13-8-5-9-14-28)50-39(26)32-21-30(42-37(48)29-15-10-19-41-22-29)16-17-34(32)46(38(39)49)23-27-11-6-4-7-12-27/h4-9,11-14,16-17,21,24,26,29,31,35-36,41,47H,10,15,18-20,22-23,25H2,1-3H3,(H,42,48)/t26-,29?,31?,35+,36-,39+/m1/s1. The van der Waals surface area contributed by atoms with Crippen LogP contribution in [0, 0.1) is 11.8 Å². The lowest BCUT2D eigenvalue weighted by Gasteiger charge is -2.31. The summed E-state index contributed by atoms with van der Waals surface area (Å²) in [5, 5.41) is 25.3. The number of nitrogens with zero attached hydrogens (tertiary/aromatic N) is 4. The third-order valence-corrected chi connectivity index (χ3v) is 13.5. The topological polar surface area (TPSA) is 122 Å². The van der Waals surface area contributed by atoms with Gasteiger partial charge in [0.25, 0.3) is 5.91 Å². The number of hydrogen-bond acceptors (Lipinski definition) is 7. The monoisotopic (exact) mass is 710 g/mol. The average molecular weight is 711 g/mol. The Kier molecular flexibility index (Phi) is 9.94. The van der Waals surface area contributed by atoms with Gasteiger partial charge in [0.1, 0.15) is 0 Å². The van der Waals surface area contributed by atoms with Gasteiger partial charge in [-0.1, -0.05) is 72.8 Å². The highest BCUT2D eigenvalue weighted by atomic mass is 28.4. The smallest absolute Gasteiger partial charge is 0.264 e. The number of piperidine rings is 1. The molecule has 2 saturated heterocycles. The second-order valence-electron chi connectivity index (χ2n) is 14.8. The number of hydrogen-bond donors (Lipinski definition) is 3. The van der Waals surface area contributed by atoms with E-state index in [1.807, 2.05) is 92.0 Å². The number of benzene rings is 3. The molecule has 0 aliphatic carbocycles. The Morgan fingerprint density at radius 3 is 2.57 bits per heavy atom. The highest BCUT2D eigenvalue weighted by Crippen LogP contribution is 2.60. The molecule has 2 amide bonds. The summed E-state index contributed by atoms with van der Waals surface area (Å²) in [5.41, 5.74) is 2.61. The van der Waals surface area contributed by atoms with E-state index in [0.717, 1.165) is 30.5 Å². The van der Waals surface area contributed by atoms with E-state index in [9.17, 15) is 14.7 Å². The zero-order valence-electron chi connectivity index (χ0n) is 29.5. The highest BCUT2D eigenvalue weighted by molar-refractivity contribution is 6.72. The third kappa shape index (κ3) is 6.77. The van der Waals surface area contributed by atoms with Crippen molar-refractivity contribution in [1.29, 1.82) is 0 Å². The van der Waals surface area contributed by atoms with Gasteiger partial charge in [-0.25, -0.2) is 0 Å². The molecule has 7 rings (SSSR count). The number of aryl methyl sites for hydroxylation is 1. The van der Waals surface area contributed by atoms with E-state index in [-0.39, 0.29) is 30.3 Å². The Morgan fingerprint density at radius 2 is 1.88 bits per heavy atom. The maximum absolute atomic E-state index is 16.5. The maximum Gasteiger partial charge on any atom is 0.264 e. The summed E-state index contributed by atoms with van der Waals surface area (Å²) < 4.78 is 25.2. The molecule has 6 atom stereocenters. The molecule has 0 bridgehead atoms. The van der Waals surface area contributed by atoms with Crippen LogP contribution in [-0.2, 0) is 33.0 Å². The molecule has 3 aromatic carbocycles. The van der Waals surface area contributed by atoms with Crippen LogP contribution in [0.1, 0.15) is 54.5 Å². The normalized spacial score (nSPS) is 25.3. The predicted octanol–water partition coefficient (Wildman–Crippen LogP) is 5.75. The highest BCUT2D eigenvalue weighted by Gasteiger charge is 2.66. The Labute approximate surface area is 299 Å². The minimum absolute atomic E-state index is 0.0574. The average Bonchev–Trinajstić information content (AvgIpc) is 3.79. The van der Waals surface area contributed by atoms with Crippen LogP contribution in [0.15, 0.2) is 85.1 Å². The molecule has 4 aromatic rings. The zero-order chi connectivity index (χ0) is 35.8. The van der Waals surface area contributed by atoms with Crippen LogP contribution in [-0.4, -0.2) is 66.1 Å². The number of aliphatic hydroxyl groups is 1. The summed E-state index contributed by atoms with van der Waals surface area (Å²) in [6, 6.07) is 25.1. The van der Waals surface area contributed by atoms with Crippen LogP contribution in [0.25, 0.3) is 0 Å². The van der Waals surface area contributed by atoms with Crippen molar-refractivity contribution in [3.8, 4) is 0 Å². The molecule has 2 unspecified atom stereocenters. The molecule has 3 N–H and O–H groups in total. The second kappa shape index (κ2) is 14.4. The molecule has 4 heterocycles. The molecule has 1 spiro atoms. The summed E-state index contributed by atoms with van der Waals surface area (Å²) in [5.74, 6) is -1.20.